The summed E-state index contributed by atoms with van der Waals surface area (Å²) >= 11 is 0. The van der Waals surface area contributed by atoms with Gasteiger partial charge in [0, 0.05) is 25.7 Å². The number of amides is 1. The van der Waals surface area contributed by atoms with Gasteiger partial charge in [-0.25, -0.2) is 4.79 Å². The molecule has 1 aliphatic carbocycles. The minimum absolute atomic E-state index is 0.0423. The molecule has 2 atom stereocenters. The number of likely N-dealkylation sites (N-methyl/N-ethyl adjacent to an activating group) is 1. The Balaban J connectivity index is 1.61. The highest BCUT2D eigenvalue weighted by Crippen LogP contribution is 2.31. The van der Waals surface area contributed by atoms with E-state index in [-0.39, 0.29) is 30.8 Å². The Morgan fingerprint density at radius 1 is 1.15 bits per heavy atom. The number of carbonyl (C=O) groups is 2. The summed E-state index contributed by atoms with van der Waals surface area (Å²) in [6.07, 6.45) is 6.15. The van der Waals surface area contributed by atoms with Crippen molar-refractivity contribution in [1.29, 1.82) is 0 Å². The van der Waals surface area contributed by atoms with Gasteiger partial charge in [0.15, 0.2) is 0 Å². The lowest BCUT2D eigenvalue weighted by atomic mass is 9.94. The van der Waals surface area contributed by atoms with Crippen molar-refractivity contribution in [3.8, 4) is 0 Å². The molecule has 1 amide bonds. The van der Waals surface area contributed by atoms with Gasteiger partial charge >= 0.3 is 12.1 Å². The standard InChI is InChI=1S/C21H30N2O4/c1-22(21(25)27-15-16-9-5-3-6-10-16)18-13-19(20(24)26-2)23(14-18)17-11-7-4-8-12-17/h3,5-6,9-10,17-19H,4,7-8,11-15H2,1-2H3/t18-,19-/m0/s1. The molecule has 1 heterocycles. The molecule has 0 spiro atoms. The third kappa shape index (κ3) is 4.80. The van der Waals surface area contributed by atoms with E-state index < -0.39 is 0 Å². The number of rotatable bonds is 5. The molecular weight excluding hydrogens is 344 g/mol. The van der Waals surface area contributed by atoms with Gasteiger partial charge in [-0.1, -0.05) is 49.6 Å². The Hall–Kier alpha value is -2.08. The van der Waals surface area contributed by atoms with E-state index in [2.05, 4.69) is 4.90 Å². The van der Waals surface area contributed by atoms with Crippen LogP contribution < -0.4 is 0 Å². The van der Waals surface area contributed by atoms with Crippen LogP contribution in [0.25, 0.3) is 0 Å². The fraction of sp³-hybridized carbons (Fsp3) is 0.619. The third-order valence-electron chi connectivity index (χ3n) is 5.88. The van der Waals surface area contributed by atoms with Crippen molar-refractivity contribution >= 4 is 12.1 Å². The number of carbonyl (C=O) groups excluding carboxylic acids is 2. The first-order valence-electron chi connectivity index (χ1n) is 9.87. The molecule has 0 radical (unpaired) electrons. The third-order valence-corrected chi connectivity index (χ3v) is 5.88. The summed E-state index contributed by atoms with van der Waals surface area (Å²) in [5, 5.41) is 0. The van der Waals surface area contributed by atoms with Gasteiger partial charge in [0.2, 0.25) is 0 Å². The van der Waals surface area contributed by atoms with Crippen molar-refractivity contribution in [2.24, 2.45) is 0 Å². The largest absolute Gasteiger partial charge is 0.468 e. The number of hydrogen-bond acceptors (Lipinski definition) is 5. The number of nitrogens with zero attached hydrogens (tertiary/aromatic N) is 2. The summed E-state index contributed by atoms with van der Waals surface area (Å²) in [7, 11) is 3.20. The fourth-order valence-electron chi connectivity index (χ4n) is 4.27. The molecule has 27 heavy (non-hydrogen) atoms. The first-order chi connectivity index (χ1) is 13.1. The Morgan fingerprint density at radius 3 is 2.52 bits per heavy atom. The minimum atomic E-state index is -0.349. The monoisotopic (exact) mass is 374 g/mol. The van der Waals surface area contributed by atoms with Gasteiger partial charge in [-0.15, -0.1) is 0 Å². The molecule has 6 nitrogen and oxygen atoms in total. The molecule has 148 valence electrons. The summed E-state index contributed by atoms with van der Waals surface area (Å²) in [6, 6.07) is 9.73. The summed E-state index contributed by atoms with van der Waals surface area (Å²) in [5.41, 5.74) is 0.960. The first-order valence-corrected chi connectivity index (χ1v) is 9.87. The average Bonchev–Trinajstić information content (AvgIpc) is 3.17. The number of likely N-dealkylation sites (tertiary alicyclic amines) is 1. The van der Waals surface area contributed by atoms with E-state index in [0.717, 1.165) is 18.4 Å². The summed E-state index contributed by atoms with van der Waals surface area (Å²) in [6.45, 7) is 0.949. The van der Waals surface area contributed by atoms with Gasteiger partial charge in [0.1, 0.15) is 12.6 Å². The Labute approximate surface area is 161 Å². The minimum Gasteiger partial charge on any atom is -0.468 e. The van der Waals surface area contributed by atoms with Gasteiger partial charge < -0.3 is 14.4 Å². The lowest BCUT2D eigenvalue weighted by Crippen LogP contribution is -2.45. The second-order valence-electron chi connectivity index (χ2n) is 7.57. The molecule has 2 fully saturated rings. The number of methoxy groups -OCH3 is 1. The quantitative estimate of drug-likeness (QED) is 0.741. The molecule has 6 heteroatoms. The van der Waals surface area contributed by atoms with Crippen LogP contribution in [0.3, 0.4) is 0 Å². The van der Waals surface area contributed by atoms with E-state index in [9.17, 15) is 9.59 Å². The van der Waals surface area contributed by atoms with Crippen LogP contribution in [-0.4, -0.2) is 60.7 Å². The van der Waals surface area contributed by atoms with Crippen molar-refractivity contribution in [2.75, 3.05) is 20.7 Å². The highest BCUT2D eigenvalue weighted by Gasteiger charge is 2.43. The molecule has 1 aromatic rings. The van der Waals surface area contributed by atoms with E-state index in [1.165, 1.54) is 26.4 Å². The van der Waals surface area contributed by atoms with Crippen LogP contribution in [0.4, 0.5) is 4.79 Å². The Bertz CT molecular complexity index is 630. The second kappa shape index (κ2) is 9.22. The molecule has 0 unspecified atom stereocenters. The topological polar surface area (TPSA) is 59.1 Å². The maximum atomic E-state index is 12.5. The van der Waals surface area contributed by atoms with Crippen molar-refractivity contribution in [2.45, 2.75) is 63.3 Å². The van der Waals surface area contributed by atoms with E-state index in [0.29, 0.717) is 19.0 Å². The molecule has 1 aliphatic heterocycles. The first kappa shape index (κ1) is 19.7. The predicted octanol–water partition coefficient (Wildman–Crippen LogP) is 3.20. The molecule has 1 saturated heterocycles. The zero-order valence-corrected chi connectivity index (χ0v) is 16.3. The lowest BCUT2D eigenvalue weighted by Gasteiger charge is -2.34. The highest BCUT2D eigenvalue weighted by molar-refractivity contribution is 5.76. The van der Waals surface area contributed by atoms with E-state index in [1.54, 1.807) is 11.9 Å². The molecule has 0 aromatic heterocycles. The highest BCUT2D eigenvalue weighted by atomic mass is 16.6. The fourth-order valence-corrected chi connectivity index (χ4v) is 4.27. The Morgan fingerprint density at radius 2 is 1.85 bits per heavy atom. The van der Waals surface area contributed by atoms with E-state index in [4.69, 9.17) is 9.47 Å². The summed E-state index contributed by atoms with van der Waals surface area (Å²) < 4.78 is 10.5. The SMILES string of the molecule is COC(=O)[C@@H]1C[C@H](N(C)C(=O)OCc2ccccc2)CN1C1CCCCC1. The van der Waals surface area contributed by atoms with Gasteiger partial charge in [0.25, 0.3) is 0 Å². The maximum absolute atomic E-state index is 12.5. The number of hydrogen-bond donors (Lipinski definition) is 0. The smallest absolute Gasteiger partial charge is 0.410 e. The molecular formula is C21H30N2O4. The molecule has 3 rings (SSSR count). The maximum Gasteiger partial charge on any atom is 0.410 e. The lowest BCUT2D eigenvalue weighted by molar-refractivity contribution is -0.146. The van der Waals surface area contributed by atoms with Crippen molar-refractivity contribution < 1.29 is 19.1 Å². The van der Waals surface area contributed by atoms with Crippen LogP contribution in [-0.2, 0) is 20.9 Å². The number of benzene rings is 1. The van der Waals surface area contributed by atoms with Gasteiger partial charge in [-0.3, -0.25) is 9.69 Å². The van der Waals surface area contributed by atoms with Crippen molar-refractivity contribution in [1.82, 2.24) is 9.80 Å². The van der Waals surface area contributed by atoms with Crippen LogP contribution in [0.5, 0.6) is 0 Å². The zero-order valence-electron chi connectivity index (χ0n) is 16.3. The molecule has 1 saturated carbocycles. The number of ether oxygens (including phenoxy) is 2. The molecule has 0 N–H and O–H groups in total. The van der Waals surface area contributed by atoms with Gasteiger partial charge in [-0.05, 0) is 24.8 Å². The average molecular weight is 374 g/mol. The molecule has 2 aliphatic rings. The summed E-state index contributed by atoms with van der Waals surface area (Å²) in [4.78, 5) is 28.7. The van der Waals surface area contributed by atoms with Crippen LogP contribution in [0.1, 0.15) is 44.1 Å². The van der Waals surface area contributed by atoms with Crippen molar-refractivity contribution in [3.63, 3.8) is 0 Å². The normalized spacial score (nSPS) is 23.8. The van der Waals surface area contributed by atoms with Gasteiger partial charge in [0.05, 0.1) is 7.11 Å². The van der Waals surface area contributed by atoms with E-state index in [1.807, 2.05) is 30.3 Å². The second-order valence-corrected chi connectivity index (χ2v) is 7.57. The van der Waals surface area contributed by atoms with Crippen LogP contribution in [0, 0.1) is 0 Å². The molecule has 0 bridgehead atoms. The predicted molar refractivity (Wildman–Crippen MR) is 102 cm³/mol. The van der Waals surface area contributed by atoms with Crippen LogP contribution in [0.2, 0.25) is 0 Å². The number of esters is 1. The van der Waals surface area contributed by atoms with Crippen LogP contribution >= 0.6 is 0 Å². The zero-order chi connectivity index (χ0) is 19.2. The van der Waals surface area contributed by atoms with Gasteiger partial charge in [-0.2, -0.15) is 0 Å². The summed E-state index contributed by atoms with van der Waals surface area (Å²) in [5.74, 6) is -0.200. The molecule has 1 aromatic carbocycles. The van der Waals surface area contributed by atoms with Crippen molar-refractivity contribution in [3.05, 3.63) is 35.9 Å². The van der Waals surface area contributed by atoms with Crippen LogP contribution in [0.15, 0.2) is 30.3 Å². The Kier molecular flexibility index (Phi) is 6.72. The van der Waals surface area contributed by atoms with E-state index >= 15 is 0 Å².